The van der Waals surface area contributed by atoms with Crippen LogP contribution in [0, 0.1) is 6.92 Å². The lowest BCUT2D eigenvalue weighted by atomic mass is 10.1. The normalized spacial score (nSPS) is 10.8. The van der Waals surface area contributed by atoms with Crippen molar-refractivity contribution < 1.29 is 9.32 Å². The standard InChI is InChI=1S/C20H17N5O2S/c1-13-22-19(27-24-13)15-5-3-14(4-6-15)18(26)23-16-7-9-17(10-8-16)28-20-21-11-12-25(20)2/h3-12H,1-2H3,(H,23,26). The van der Waals surface area contributed by atoms with Crippen LogP contribution in [-0.4, -0.2) is 25.6 Å². The monoisotopic (exact) mass is 391 g/mol. The Morgan fingerprint density at radius 3 is 2.46 bits per heavy atom. The number of aryl methyl sites for hydroxylation is 2. The van der Waals surface area contributed by atoms with Crippen molar-refractivity contribution in [2.24, 2.45) is 7.05 Å². The first-order valence-corrected chi connectivity index (χ1v) is 9.37. The molecule has 2 aromatic heterocycles. The number of imidazole rings is 1. The Balaban J connectivity index is 1.41. The maximum Gasteiger partial charge on any atom is 0.257 e. The van der Waals surface area contributed by atoms with Crippen LogP contribution in [0.4, 0.5) is 5.69 Å². The van der Waals surface area contributed by atoms with E-state index in [0.717, 1.165) is 21.3 Å². The zero-order valence-corrected chi connectivity index (χ0v) is 16.1. The predicted molar refractivity (Wildman–Crippen MR) is 106 cm³/mol. The highest BCUT2D eigenvalue weighted by molar-refractivity contribution is 7.99. The summed E-state index contributed by atoms with van der Waals surface area (Å²) in [6, 6.07) is 14.7. The number of carbonyl (C=O) groups is 1. The smallest absolute Gasteiger partial charge is 0.257 e. The molecule has 0 atom stereocenters. The van der Waals surface area contributed by atoms with E-state index in [1.54, 1.807) is 49.1 Å². The van der Waals surface area contributed by atoms with Gasteiger partial charge in [0.2, 0.25) is 0 Å². The van der Waals surface area contributed by atoms with Crippen LogP contribution < -0.4 is 5.32 Å². The number of rotatable bonds is 5. The van der Waals surface area contributed by atoms with Crippen molar-refractivity contribution in [1.29, 1.82) is 0 Å². The van der Waals surface area contributed by atoms with E-state index in [0.29, 0.717) is 17.3 Å². The van der Waals surface area contributed by atoms with Gasteiger partial charge in [-0.05, 0) is 55.5 Å². The second-order valence-electron chi connectivity index (χ2n) is 6.13. The van der Waals surface area contributed by atoms with E-state index in [1.165, 1.54) is 0 Å². The molecule has 0 aliphatic carbocycles. The van der Waals surface area contributed by atoms with E-state index in [1.807, 2.05) is 42.1 Å². The molecule has 0 aliphatic rings. The SMILES string of the molecule is Cc1noc(-c2ccc(C(=O)Nc3ccc(Sc4nccn4C)cc3)cc2)n1. The first-order valence-electron chi connectivity index (χ1n) is 8.56. The third-order valence-corrected chi connectivity index (χ3v) is 5.10. The van der Waals surface area contributed by atoms with Gasteiger partial charge in [0.25, 0.3) is 11.8 Å². The number of nitrogens with one attached hydrogen (secondary N) is 1. The van der Waals surface area contributed by atoms with Crippen LogP contribution in [0.2, 0.25) is 0 Å². The first kappa shape index (κ1) is 18.0. The minimum absolute atomic E-state index is 0.183. The van der Waals surface area contributed by atoms with E-state index in [4.69, 9.17) is 4.52 Å². The van der Waals surface area contributed by atoms with Gasteiger partial charge in [-0.1, -0.05) is 16.9 Å². The van der Waals surface area contributed by atoms with Crippen LogP contribution in [0.1, 0.15) is 16.2 Å². The van der Waals surface area contributed by atoms with Crippen molar-refractivity contribution in [1.82, 2.24) is 19.7 Å². The Labute approximate surface area is 165 Å². The molecule has 0 bridgehead atoms. The van der Waals surface area contributed by atoms with E-state index in [2.05, 4.69) is 20.4 Å². The van der Waals surface area contributed by atoms with Gasteiger partial charge < -0.3 is 14.4 Å². The van der Waals surface area contributed by atoms with Crippen molar-refractivity contribution in [3.05, 3.63) is 72.3 Å². The number of nitrogens with zero attached hydrogens (tertiary/aromatic N) is 4. The minimum atomic E-state index is -0.183. The number of carbonyl (C=O) groups excluding carboxylic acids is 1. The number of aromatic nitrogens is 4. The van der Waals surface area contributed by atoms with Gasteiger partial charge in [-0.2, -0.15) is 4.98 Å². The topological polar surface area (TPSA) is 85.8 Å². The summed E-state index contributed by atoms with van der Waals surface area (Å²) in [6.45, 7) is 1.76. The molecular weight excluding hydrogens is 374 g/mol. The van der Waals surface area contributed by atoms with Crippen LogP contribution in [0.15, 0.2) is 75.5 Å². The molecule has 0 saturated carbocycles. The molecule has 7 nitrogen and oxygen atoms in total. The molecule has 0 spiro atoms. The van der Waals surface area contributed by atoms with E-state index < -0.39 is 0 Å². The van der Waals surface area contributed by atoms with Gasteiger partial charge >= 0.3 is 0 Å². The third kappa shape index (κ3) is 3.96. The van der Waals surface area contributed by atoms with Crippen LogP contribution in [0.5, 0.6) is 0 Å². The molecule has 1 N–H and O–H groups in total. The predicted octanol–water partition coefficient (Wildman–Crippen LogP) is 4.18. The molecule has 0 fully saturated rings. The van der Waals surface area contributed by atoms with Crippen molar-refractivity contribution >= 4 is 23.4 Å². The van der Waals surface area contributed by atoms with Crippen molar-refractivity contribution in [2.75, 3.05) is 5.32 Å². The molecule has 0 saturated heterocycles. The average molecular weight is 391 g/mol. The number of anilines is 1. The van der Waals surface area contributed by atoms with Gasteiger partial charge in [-0.3, -0.25) is 4.79 Å². The van der Waals surface area contributed by atoms with Crippen LogP contribution in [0.3, 0.4) is 0 Å². The Hall–Kier alpha value is -3.39. The third-order valence-electron chi connectivity index (χ3n) is 4.02. The van der Waals surface area contributed by atoms with E-state index in [9.17, 15) is 4.79 Å². The Morgan fingerprint density at radius 2 is 1.86 bits per heavy atom. The number of hydrogen-bond acceptors (Lipinski definition) is 6. The Kier molecular flexibility index (Phi) is 4.94. The fourth-order valence-corrected chi connectivity index (χ4v) is 3.35. The molecule has 1 amide bonds. The summed E-state index contributed by atoms with van der Waals surface area (Å²) in [5, 5.41) is 7.58. The molecule has 0 aliphatic heterocycles. The highest BCUT2D eigenvalue weighted by Crippen LogP contribution is 2.27. The summed E-state index contributed by atoms with van der Waals surface area (Å²) in [5.41, 5.74) is 2.05. The van der Waals surface area contributed by atoms with Crippen LogP contribution >= 0.6 is 11.8 Å². The lowest BCUT2D eigenvalue weighted by Gasteiger charge is -2.07. The van der Waals surface area contributed by atoms with E-state index in [-0.39, 0.29) is 5.91 Å². The van der Waals surface area contributed by atoms with Gasteiger partial charge in [-0.15, -0.1) is 0 Å². The van der Waals surface area contributed by atoms with Gasteiger partial charge in [0.15, 0.2) is 11.0 Å². The Morgan fingerprint density at radius 1 is 1.11 bits per heavy atom. The molecule has 8 heteroatoms. The maximum atomic E-state index is 12.5. The second kappa shape index (κ2) is 7.69. The first-order chi connectivity index (χ1) is 13.6. The maximum absolute atomic E-state index is 12.5. The van der Waals surface area contributed by atoms with Gasteiger partial charge in [-0.25, -0.2) is 4.98 Å². The zero-order chi connectivity index (χ0) is 19.5. The molecule has 2 aromatic carbocycles. The summed E-state index contributed by atoms with van der Waals surface area (Å²) >= 11 is 1.57. The van der Waals surface area contributed by atoms with Crippen molar-refractivity contribution in [3.63, 3.8) is 0 Å². The molecule has 0 unspecified atom stereocenters. The van der Waals surface area contributed by atoms with Gasteiger partial charge in [0, 0.05) is 41.2 Å². The van der Waals surface area contributed by atoms with Crippen LogP contribution in [0.25, 0.3) is 11.5 Å². The van der Waals surface area contributed by atoms with Gasteiger partial charge in [0.05, 0.1) is 0 Å². The highest BCUT2D eigenvalue weighted by Gasteiger charge is 2.10. The highest BCUT2D eigenvalue weighted by atomic mass is 32.2. The van der Waals surface area contributed by atoms with Crippen molar-refractivity contribution in [2.45, 2.75) is 17.0 Å². The summed E-state index contributed by atoms with van der Waals surface area (Å²) in [7, 11) is 1.95. The minimum Gasteiger partial charge on any atom is -0.334 e. The average Bonchev–Trinajstić information content (AvgIpc) is 3.32. The molecular formula is C20H17N5O2S. The molecule has 4 rings (SSSR count). The van der Waals surface area contributed by atoms with Gasteiger partial charge in [0.1, 0.15) is 0 Å². The lowest BCUT2D eigenvalue weighted by molar-refractivity contribution is 0.102. The number of hydrogen-bond donors (Lipinski definition) is 1. The van der Waals surface area contributed by atoms with E-state index >= 15 is 0 Å². The number of amides is 1. The summed E-state index contributed by atoms with van der Waals surface area (Å²) in [4.78, 5) is 22.0. The molecule has 28 heavy (non-hydrogen) atoms. The number of benzene rings is 2. The second-order valence-corrected chi connectivity index (χ2v) is 7.17. The fourth-order valence-electron chi connectivity index (χ4n) is 2.54. The largest absolute Gasteiger partial charge is 0.334 e. The summed E-state index contributed by atoms with van der Waals surface area (Å²) < 4.78 is 7.09. The zero-order valence-electron chi connectivity index (χ0n) is 15.3. The summed E-state index contributed by atoms with van der Waals surface area (Å²) in [6.07, 6.45) is 3.67. The molecule has 4 aromatic rings. The van der Waals surface area contributed by atoms with Crippen molar-refractivity contribution in [3.8, 4) is 11.5 Å². The fraction of sp³-hybridized carbons (Fsp3) is 0.100. The Bertz CT molecular complexity index is 1100. The quantitative estimate of drug-likeness (QED) is 0.549. The molecule has 2 heterocycles. The summed E-state index contributed by atoms with van der Waals surface area (Å²) in [5.74, 6) is 0.823. The van der Waals surface area contributed by atoms with Crippen LogP contribution in [-0.2, 0) is 7.05 Å². The molecule has 0 radical (unpaired) electrons. The molecule has 140 valence electrons. The lowest BCUT2D eigenvalue weighted by Crippen LogP contribution is -2.11.